The molecule has 1 amide bonds. The molecule has 0 saturated carbocycles. The number of hydrogen-bond acceptors (Lipinski definition) is 3. The van der Waals surface area contributed by atoms with Crippen molar-refractivity contribution in [2.45, 2.75) is 49.5 Å². The van der Waals surface area contributed by atoms with Gasteiger partial charge in [0, 0.05) is 12.1 Å². The van der Waals surface area contributed by atoms with E-state index in [1.807, 2.05) is 31.2 Å². The number of halogens is 3. The number of carbonyl (C=O) groups is 1. The first-order chi connectivity index (χ1) is 12.3. The van der Waals surface area contributed by atoms with Crippen molar-refractivity contribution >= 4 is 63.7 Å². The molecule has 0 aliphatic heterocycles. The maximum atomic E-state index is 12.0. The zero-order valence-corrected chi connectivity index (χ0v) is 17.9. The molecule has 0 heterocycles. The summed E-state index contributed by atoms with van der Waals surface area (Å²) in [5, 5.41) is 8.69. The average Bonchev–Trinajstić information content (AvgIpc) is 2.56. The lowest BCUT2D eigenvalue weighted by Gasteiger charge is -2.27. The molecule has 0 unspecified atom stereocenters. The summed E-state index contributed by atoms with van der Waals surface area (Å²) in [4.78, 5) is 12.0. The number of unbranched alkanes of at least 4 members (excludes halogenated alkanes) is 2. The number of amides is 1. The van der Waals surface area contributed by atoms with Crippen molar-refractivity contribution in [3.63, 3.8) is 0 Å². The minimum atomic E-state index is -1.76. The summed E-state index contributed by atoms with van der Waals surface area (Å²) in [7, 11) is 0. The van der Waals surface area contributed by atoms with Gasteiger partial charge < -0.3 is 20.7 Å². The van der Waals surface area contributed by atoms with E-state index < -0.39 is 9.96 Å². The molecule has 3 N–H and O–H groups in total. The first-order valence-electron chi connectivity index (χ1n) is 8.42. The van der Waals surface area contributed by atoms with E-state index in [0.29, 0.717) is 13.0 Å². The molecule has 9 heteroatoms. The van der Waals surface area contributed by atoms with Gasteiger partial charge in [-0.3, -0.25) is 4.79 Å². The Hall–Kier alpha value is -0.950. The fourth-order valence-corrected chi connectivity index (χ4v) is 2.63. The lowest BCUT2D eigenvalue weighted by Crippen LogP contribution is -2.56. The van der Waals surface area contributed by atoms with Gasteiger partial charge in [0.25, 0.3) is 0 Å². The number of anilines is 1. The Morgan fingerprint density at radius 1 is 1.15 bits per heavy atom. The Labute approximate surface area is 175 Å². The number of hydrogen-bond donors (Lipinski definition) is 3. The smallest absolute Gasteiger partial charge is 0.228 e. The van der Waals surface area contributed by atoms with Crippen LogP contribution in [0.2, 0.25) is 0 Å². The van der Waals surface area contributed by atoms with Crippen molar-refractivity contribution in [2.75, 3.05) is 11.9 Å². The zero-order valence-electron chi connectivity index (χ0n) is 14.8. The predicted molar refractivity (Wildman–Crippen MR) is 113 cm³/mol. The van der Waals surface area contributed by atoms with Crippen LogP contribution in [-0.2, 0) is 4.79 Å². The van der Waals surface area contributed by atoms with Gasteiger partial charge in [-0.25, -0.2) is 0 Å². The Morgan fingerprint density at radius 2 is 1.81 bits per heavy atom. The third-order valence-corrected chi connectivity index (χ3v) is 4.21. The molecular weight excluding hydrogens is 417 g/mol. The minimum absolute atomic E-state index is 0.203. The standard InChI is InChI=1S/C17H24Cl3N3O2S/c1-3-5-6-7-14(24)22-15(17(18,19)20)23-16(26)21-12-8-10-13(11-9-12)25-4-2/h8-11,15H,3-7H2,1-2H3,(H,22,24)(H2,21,23,26)/t15-/m0/s1. The molecule has 0 spiro atoms. The summed E-state index contributed by atoms with van der Waals surface area (Å²) in [5.74, 6) is 0.557. The van der Waals surface area contributed by atoms with Crippen LogP contribution in [0.1, 0.15) is 39.5 Å². The first-order valence-corrected chi connectivity index (χ1v) is 9.97. The normalized spacial score (nSPS) is 12.2. The van der Waals surface area contributed by atoms with Gasteiger partial charge >= 0.3 is 0 Å². The Morgan fingerprint density at radius 3 is 2.35 bits per heavy atom. The number of ether oxygens (including phenoxy) is 1. The van der Waals surface area contributed by atoms with E-state index >= 15 is 0 Å². The van der Waals surface area contributed by atoms with Crippen LogP contribution in [-0.4, -0.2) is 27.6 Å². The van der Waals surface area contributed by atoms with Crippen LogP contribution in [0, 0.1) is 0 Å². The highest BCUT2D eigenvalue weighted by molar-refractivity contribution is 7.80. The molecule has 1 aromatic rings. The van der Waals surface area contributed by atoms with Gasteiger partial charge in [-0.15, -0.1) is 0 Å². The topological polar surface area (TPSA) is 62.4 Å². The highest BCUT2D eigenvalue weighted by atomic mass is 35.6. The molecule has 26 heavy (non-hydrogen) atoms. The van der Waals surface area contributed by atoms with Crippen LogP contribution in [0.5, 0.6) is 5.75 Å². The van der Waals surface area contributed by atoms with Crippen LogP contribution in [0.4, 0.5) is 5.69 Å². The van der Waals surface area contributed by atoms with E-state index in [1.54, 1.807) is 0 Å². The van der Waals surface area contributed by atoms with Gasteiger partial charge in [0.2, 0.25) is 9.70 Å². The third-order valence-electron chi connectivity index (χ3n) is 3.34. The summed E-state index contributed by atoms with van der Waals surface area (Å²) >= 11 is 23.1. The van der Waals surface area contributed by atoms with Gasteiger partial charge in [0.05, 0.1) is 6.61 Å². The molecule has 1 rings (SSSR count). The summed E-state index contributed by atoms with van der Waals surface area (Å²) < 4.78 is 3.62. The number of rotatable bonds is 9. The molecular formula is C17H24Cl3N3O2S. The molecule has 0 fully saturated rings. The second kappa shape index (κ2) is 11.7. The van der Waals surface area contributed by atoms with E-state index in [9.17, 15) is 4.79 Å². The summed E-state index contributed by atoms with van der Waals surface area (Å²) in [6, 6.07) is 7.26. The van der Waals surface area contributed by atoms with Crippen molar-refractivity contribution in [1.82, 2.24) is 10.6 Å². The van der Waals surface area contributed by atoms with Crippen molar-refractivity contribution < 1.29 is 9.53 Å². The number of benzene rings is 1. The summed E-state index contributed by atoms with van der Waals surface area (Å²) in [6.45, 7) is 4.57. The van der Waals surface area contributed by atoms with E-state index in [0.717, 1.165) is 30.7 Å². The van der Waals surface area contributed by atoms with Gasteiger partial charge in [-0.2, -0.15) is 0 Å². The fourth-order valence-electron chi connectivity index (χ4n) is 2.07. The second-order valence-electron chi connectivity index (χ2n) is 5.56. The molecule has 0 aliphatic rings. The molecule has 0 bridgehead atoms. The van der Waals surface area contributed by atoms with E-state index in [1.165, 1.54) is 0 Å². The van der Waals surface area contributed by atoms with Crippen molar-refractivity contribution in [3.8, 4) is 5.75 Å². The van der Waals surface area contributed by atoms with Gasteiger partial charge in [0.1, 0.15) is 11.9 Å². The number of alkyl halides is 3. The molecule has 1 aromatic carbocycles. The summed E-state index contributed by atoms with van der Waals surface area (Å²) in [5.41, 5.74) is 0.739. The molecule has 146 valence electrons. The lowest BCUT2D eigenvalue weighted by molar-refractivity contribution is -0.122. The van der Waals surface area contributed by atoms with Crippen LogP contribution in [0.3, 0.4) is 0 Å². The van der Waals surface area contributed by atoms with Crippen LogP contribution in [0.15, 0.2) is 24.3 Å². The quantitative estimate of drug-likeness (QED) is 0.223. The Balaban J connectivity index is 2.60. The predicted octanol–water partition coefficient (Wildman–Crippen LogP) is 4.76. The van der Waals surface area contributed by atoms with Gasteiger partial charge in [0.15, 0.2) is 5.11 Å². The Kier molecular flexibility index (Phi) is 10.4. The van der Waals surface area contributed by atoms with E-state index in [-0.39, 0.29) is 11.0 Å². The molecule has 5 nitrogen and oxygen atoms in total. The lowest BCUT2D eigenvalue weighted by atomic mass is 10.2. The number of nitrogens with one attached hydrogen (secondary N) is 3. The molecule has 1 atom stereocenters. The highest BCUT2D eigenvalue weighted by Crippen LogP contribution is 2.29. The number of thiocarbonyl (C=S) groups is 1. The van der Waals surface area contributed by atoms with E-state index in [4.69, 9.17) is 51.8 Å². The van der Waals surface area contributed by atoms with E-state index in [2.05, 4.69) is 22.9 Å². The zero-order chi connectivity index (χ0) is 19.6. The highest BCUT2D eigenvalue weighted by Gasteiger charge is 2.34. The monoisotopic (exact) mass is 439 g/mol. The first kappa shape index (κ1) is 23.1. The second-order valence-corrected chi connectivity index (χ2v) is 8.33. The molecule has 0 aromatic heterocycles. The number of carbonyl (C=O) groups excluding carboxylic acids is 1. The fraction of sp³-hybridized carbons (Fsp3) is 0.529. The molecule has 0 aliphatic carbocycles. The van der Waals surface area contributed by atoms with Crippen molar-refractivity contribution in [1.29, 1.82) is 0 Å². The maximum Gasteiger partial charge on any atom is 0.228 e. The van der Waals surface area contributed by atoms with Crippen LogP contribution < -0.4 is 20.7 Å². The SMILES string of the molecule is CCCCCC(=O)N[C@@H](NC(=S)Nc1ccc(OCC)cc1)C(Cl)(Cl)Cl. The molecule has 0 radical (unpaired) electrons. The van der Waals surface area contributed by atoms with Crippen LogP contribution >= 0.6 is 47.0 Å². The largest absolute Gasteiger partial charge is 0.494 e. The van der Waals surface area contributed by atoms with Crippen molar-refractivity contribution in [2.24, 2.45) is 0 Å². The third kappa shape index (κ3) is 9.12. The maximum absolute atomic E-state index is 12.0. The summed E-state index contributed by atoms with van der Waals surface area (Å²) in [6.07, 6.45) is 2.19. The molecule has 0 saturated heterocycles. The minimum Gasteiger partial charge on any atom is -0.494 e. The van der Waals surface area contributed by atoms with Crippen LogP contribution in [0.25, 0.3) is 0 Å². The van der Waals surface area contributed by atoms with Crippen molar-refractivity contribution in [3.05, 3.63) is 24.3 Å². The van der Waals surface area contributed by atoms with Gasteiger partial charge in [-0.05, 0) is 49.8 Å². The van der Waals surface area contributed by atoms with Gasteiger partial charge in [-0.1, -0.05) is 54.6 Å². The average molecular weight is 441 g/mol. The Bertz CT molecular complexity index is 580.